The molecule has 0 spiro atoms. The van der Waals surface area contributed by atoms with Crippen molar-refractivity contribution >= 4 is 29.1 Å². The first-order valence-corrected chi connectivity index (χ1v) is 5.26. The molecule has 1 aromatic rings. The van der Waals surface area contributed by atoms with Gasteiger partial charge in [0.15, 0.2) is 0 Å². The van der Waals surface area contributed by atoms with E-state index in [1.807, 2.05) is 0 Å². The average molecular weight is 289 g/mol. The number of amides is 2. The number of aromatic nitrogens is 1. The maximum atomic E-state index is 11.6. The minimum absolute atomic E-state index is 0.239. The SMILES string of the molecule is NC(=O)C(O)CNC(=O)c1cc([N+](=O)[O-])cnc1Cl. The minimum Gasteiger partial charge on any atom is -0.381 e. The lowest BCUT2D eigenvalue weighted by atomic mass is 10.2. The number of hydrogen-bond acceptors (Lipinski definition) is 6. The van der Waals surface area contributed by atoms with Crippen LogP contribution in [0.3, 0.4) is 0 Å². The number of aliphatic hydroxyl groups excluding tert-OH is 1. The summed E-state index contributed by atoms with van der Waals surface area (Å²) < 4.78 is 0. The smallest absolute Gasteiger partial charge is 0.288 e. The quantitative estimate of drug-likeness (QED) is 0.367. The van der Waals surface area contributed by atoms with E-state index in [0.29, 0.717) is 0 Å². The third kappa shape index (κ3) is 3.86. The third-order valence-electron chi connectivity index (χ3n) is 2.06. The van der Waals surface area contributed by atoms with E-state index in [0.717, 1.165) is 12.3 Å². The van der Waals surface area contributed by atoms with Crippen LogP contribution in [0.4, 0.5) is 5.69 Å². The molecule has 0 fully saturated rings. The second-order valence-corrected chi connectivity index (χ2v) is 3.78. The van der Waals surface area contributed by atoms with E-state index in [1.54, 1.807) is 0 Å². The number of nitrogens with two attached hydrogens (primary N) is 1. The van der Waals surface area contributed by atoms with Crippen LogP contribution in [-0.4, -0.2) is 39.5 Å². The number of nitrogens with zero attached hydrogens (tertiary/aromatic N) is 2. The second kappa shape index (κ2) is 6.07. The van der Waals surface area contributed by atoms with Crippen LogP contribution in [0.25, 0.3) is 0 Å². The van der Waals surface area contributed by atoms with Crippen molar-refractivity contribution in [1.29, 1.82) is 0 Å². The molecule has 0 saturated heterocycles. The summed E-state index contributed by atoms with van der Waals surface area (Å²) in [6.45, 7) is -0.437. The number of nitro groups is 1. The number of carbonyl (C=O) groups is 2. The summed E-state index contributed by atoms with van der Waals surface area (Å²) >= 11 is 5.62. The van der Waals surface area contributed by atoms with Gasteiger partial charge in [-0.1, -0.05) is 11.6 Å². The van der Waals surface area contributed by atoms with Gasteiger partial charge in [-0.3, -0.25) is 19.7 Å². The van der Waals surface area contributed by atoms with Crippen molar-refractivity contribution in [3.63, 3.8) is 0 Å². The molecular weight excluding hydrogens is 280 g/mol. The molecule has 0 aliphatic heterocycles. The highest BCUT2D eigenvalue weighted by molar-refractivity contribution is 6.32. The van der Waals surface area contributed by atoms with E-state index in [4.69, 9.17) is 22.4 Å². The highest BCUT2D eigenvalue weighted by Crippen LogP contribution is 2.18. The first kappa shape index (κ1) is 14.8. The van der Waals surface area contributed by atoms with Gasteiger partial charge in [0.05, 0.1) is 17.0 Å². The van der Waals surface area contributed by atoms with Crippen LogP contribution in [0.1, 0.15) is 10.4 Å². The maximum absolute atomic E-state index is 11.6. The molecule has 1 heterocycles. The Morgan fingerprint density at radius 3 is 2.79 bits per heavy atom. The monoisotopic (exact) mass is 288 g/mol. The molecule has 1 rings (SSSR count). The van der Waals surface area contributed by atoms with Crippen molar-refractivity contribution in [2.24, 2.45) is 5.73 Å². The van der Waals surface area contributed by atoms with Gasteiger partial charge in [0.25, 0.3) is 11.6 Å². The molecule has 2 amide bonds. The van der Waals surface area contributed by atoms with Gasteiger partial charge in [-0.05, 0) is 0 Å². The number of hydrogen-bond donors (Lipinski definition) is 3. The third-order valence-corrected chi connectivity index (χ3v) is 2.37. The van der Waals surface area contributed by atoms with E-state index in [2.05, 4.69) is 10.3 Å². The molecule has 0 aliphatic carbocycles. The molecule has 19 heavy (non-hydrogen) atoms. The highest BCUT2D eigenvalue weighted by Gasteiger charge is 2.19. The first-order chi connectivity index (χ1) is 8.82. The molecule has 1 atom stereocenters. The molecule has 9 nitrogen and oxygen atoms in total. The van der Waals surface area contributed by atoms with E-state index in [9.17, 15) is 19.7 Å². The lowest BCUT2D eigenvalue weighted by molar-refractivity contribution is -0.385. The highest BCUT2D eigenvalue weighted by atomic mass is 35.5. The zero-order valence-corrected chi connectivity index (χ0v) is 10.1. The summed E-state index contributed by atoms with van der Waals surface area (Å²) in [6.07, 6.45) is -0.661. The standard InChI is InChI=1S/C9H9ClN4O5/c10-7-5(1-4(2-12-7)14(18)19)9(17)13-3-6(15)8(11)16/h1-2,6,15H,3H2,(H2,11,16)(H,13,17). The number of nitrogens with one attached hydrogen (secondary N) is 1. The van der Waals surface area contributed by atoms with Crippen LogP contribution in [0, 0.1) is 10.1 Å². The molecule has 1 unspecified atom stereocenters. The second-order valence-electron chi connectivity index (χ2n) is 3.42. The van der Waals surface area contributed by atoms with Gasteiger partial charge in [-0.15, -0.1) is 0 Å². The Morgan fingerprint density at radius 1 is 1.63 bits per heavy atom. The summed E-state index contributed by atoms with van der Waals surface area (Å²) in [4.78, 5) is 35.5. The summed E-state index contributed by atoms with van der Waals surface area (Å²) in [5.74, 6) is -1.83. The summed E-state index contributed by atoms with van der Waals surface area (Å²) in [5.41, 5.74) is 4.13. The van der Waals surface area contributed by atoms with Gasteiger partial charge < -0.3 is 16.2 Å². The Bertz CT molecular complexity index is 535. The van der Waals surface area contributed by atoms with Gasteiger partial charge in [0.2, 0.25) is 5.91 Å². The summed E-state index contributed by atoms with van der Waals surface area (Å²) in [7, 11) is 0. The van der Waals surface area contributed by atoms with Crippen molar-refractivity contribution in [2.45, 2.75) is 6.10 Å². The lowest BCUT2D eigenvalue weighted by Gasteiger charge is -2.08. The largest absolute Gasteiger partial charge is 0.381 e. The molecule has 0 aliphatic rings. The molecular formula is C9H9ClN4O5. The average Bonchev–Trinajstić information content (AvgIpc) is 2.35. The number of carbonyl (C=O) groups excluding carboxylic acids is 2. The predicted molar refractivity (Wildman–Crippen MR) is 63.4 cm³/mol. The number of primary amides is 1. The Morgan fingerprint density at radius 2 is 2.26 bits per heavy atom. The molecule has 0 radical (unpaired) electrons. The molecule has 0 bridgehead atoms. The van der Waals surface area contributed by atoms with Crippen LogP contribution in [0.5, 0.6) is 0 Å². The molecule has 4 N–H and O–H groups in total. The molecule has 102 valence electrons. The van der Waals surface area contributed by atoms with Gasteiger partial charge in [0.1, 0.15) is 17.5 Å². The predicted octanol–water partition coefficient (Wildman–Crippen LogP) is -0.781. The lowest BCUT2D eigenvalue weighted by Crippen LogP contribution is -2.40. The van der Waals surface area contributed by atoms with Crippen molar-refractivity contribution in [2.75, 3.05) is 6.54 Å². The number of halogens is 1. The molecule has 0 saturated carbocycles. The van der Waals surface area contributed by atoms with Crippen molar-refractivity contribution < 1.29 is 19.6 Å². The maximum Gasteiger partial charge on any atom is 0.288 e. The summed E-state index contributed by atoms with van der Waals surface area (Å²) in [5, 5.41) is 21.5. The Kier molecular flexibility index (Phi) is 4.73. The van der Waals surface area contributed by atoms with Crippen LogP contribution >= 0.6 is 11.6 Å². The van der Waals surface area contributed by atoms with Gasteiger partial charge in [-0.25, -0.2) is 4.98 Å². The molecule has 10 heteroatoms. The van der Waals surface area contributed by atoms with Gasteiger partial charge in [-0.2, -0.15) is 0 Å². The number of aliphatic hydroxyl groups is 1. The van der Waals surface area contributed by atoms with Crippen LogP contribution < -0.4 is 11.1 Å². The fourth-order valence-electron chi connectivity index (χ4n) is 1.08. The van der Waals surface area contributed by atoms with Crippen LogP contribution in [0.15, 0.2) is 12.3 Å². The Hall–Kier alpha value is -2.26. The fourth-order valence-corrected chi connectivity index (χ4v) is 1.27. The van der Waals surface area contributed by atoms with Crippen molar-refractivity contribution in [3.05, 3.63) is 33.1 Å². The summed E-state index contributed by atoms with van der Waals surface area (Å²) in [6, 6.07) is 0.932. The fraction of sp³-hybridized carbons (Fsp3) is 0.222. The Labute approximate surface area is 111 Å². The Balaban J connectivity index is 2.84. The molecule has 1 aromatic heterocycles. The van der Waals surface area contributed by atoms with E-state index < -0.39 is 35.1 Å². The normalized spacial score (nSPS) is 11.7. The molecule has 0 aromatic carbocycles. The van der Waals surface area contributed by atoms with E-state index in [1.165, 1.54) is 0 Å². The first-order valence-electron chi connectivity index (χ1n) is 4.88. The topological polar surface area (TPSA) is 148 Å². The van der Waals surface area contributed by atoms with Gasteiger partial charge in [0, 0.05) is 6.07 Å². The van der Waals surface area contributed by atoms with Gasteiger partial charge >= 0.3 is 0 Å². The minimum atomic E-state index is -1.56. The number of pyridine rings is 1. The van der Waals surface area contributed by atoms with Crippen LogP contribution in [0.2, 0.25) is 5.15 Å². The van der Waals surface area contributed by atoms with E-state index >= 15 is 0 Å². The zero-order valence-electron chi connectivity index (χ0n) is 9.37. The van der Waals surface area contributed by atoms with Crippen LogP contribution in [-0.2, 0) is 4.79 Å². The van der Waals surface area contributed by atoms with E-state index in [-0.39, 0.29) is 10.7 Å². The number of rotatable bonds is 5. The zero-order chi connectivity index (χ0) is 14.6. The van der Waals surface area contributed by atoms with Crippen molar-refractivity contribution in [1.82, 2.24) is 10.3 Å². The van der Waals surface area contributed by atoms with Crippen molar-refractivity contribution in [3.8, 4) is 0 Å².